The first-order valence-electron chi connectivity index (χ1n) is 6.03. The van der Waals surface area contributed by atoms with Crippen LogP contribution in [-0.4, -0.2) is 21.3 Å². The van der Waals surface area contributed by atoms with Crippen molar-refractivity contribution in [2.45, 2.75) is 19.0 Å². The van der Waals surface area contributed by atoms with Gasteiger partial charge in [0.1, 0.15) is 5.82 Å². The number of hydrogen-bond acceptors (Lipinski definition) is 3. The van der Waals surface area contributed by atoms with Crippen LogP contribution in [0.25, 0.3) is 0 Å². The van der Waals surface area contributed by atoms with Crippen molar-refractivity contribution in [2.75, 3.05) is 6.61 Å². The van der Waals surface area contributed by atoms with E-state index in [4.69, 9.17) is 0 Å². The number of aliphatic hydroxyl groups is 1. The molecule has 0 saturated heterocycles. The SMILES string of the molecule is Cn1ccnc1CNC(C)(CO)c1ccccc1. The second-order valence-electron chi connectivity index (χ2n) is 4.66. The van der Waals surface area contributed by atoms with Gasteiger partial charge in [-0.05, 0) is 12.5 Å². The Bertz CT molecular complexity index is 495. The molecule has 4 heteroatoms. The second kappa shape index (κ2) is 5.33. The summed E-state index contributed by atoms with van der Waals surface area (Å²) in [6.45, 7) is 2.65. The fourth-order valence-electron chi connectivity index (χ4n) is 1.90. The molecule has 96 valence electrons. The van der Waals surface area contributed by atoms with E-state index in [-0.39, 0.29) is 6.61 Å². The van der Waals surface area contributed by atoms with Gasteiger partial charge in [0.15, 0.2) is 0 Å². The number of rotatable bonds is 5. The third-order valence-electron chi connectivity index (χ3n) is 3.28. The minimum Gasteiger partial charge on any atom is -0.394 e. The van der Waals surface area contributed by atoms with Crippen molar-refractivity contribution < 1.29 is 5.11 Å². The van der Waals surface area contributed by atoms with Gasteiger partial charge in [-0.15, -0.1) is 0 Å². The zero-order valence-corrected chi connectivity index (χ0v) is 10.8. The summed E-state index contributed by atoms with van der Waals surface area (Å²) in [5, 5.41) is 13.0. The van der Waals surface area contributed by atoms with E-state index in [9.17, 15) is 5.11 Å². The van der Waals surface area contributed by atoms with Crippen LogP contribution in [0.15, 0.2) is 42.7 Å². The molecule has 1 heterocycles. The van der Waals surface area contributed by atoms with Crippen molar-refractivity contribution in [3.05, 3.63) is 54.1 Å². The maximum absolute atomic E-state index is 9.65. The van der Waals surface area contributed by atoms with Crippen molar-refractivity contribution in [2.24, 2.45) is 7.05 Å². The van der Waals surface area contributed by atoms with Gasteiger partial charge in [0.05, 0.1) is 18.7 Å². The summed E-state index contributed by atoms with van der Waals surface area (Å²) in [6.07, 6.45) is 3.69. The molecule has 0 aliphatic heterocycles. The molecule has 1 aromatic heterocycles. The van der Waals surface area contributed by atoms with Gasteiger partial charge in [-0.2, -0.15) is 0 Å². The minimum absolute atomic E-state index is 0.0431. The molecule has 0 spiro atoms. The van der Waals surface area contributed by atoms with Crippen molar-refractivity contribution in [1.82, 2.24) is 14.9 Å². The molecule has 4 nitrogen and oxygen atoms in total. The van der Waals surface area contributed by atoms with Crippen LogP contribution in [0.4, 0.5) is 0 Å². The van der Waals surface area contributed by atoms with Crippen LogP contribution in [0.1, 0.15) is 18.3 Å². The van der Waals surface area contributed by atoms with Gasteiger partial charge in [0.2, 0.25) is 0 Å². The molecule has 2 N–H and O–H groups in total. The van der Waals surface area contributed by atoms with Gasteiger partial charge in [0, 0.05) is 19.4 Å². The van der Waals surface area contributed by atoms with Crippen LogP contribution < -0.4 is 5.32 Å². The van der Waals surface area contributed by atoms with Gasteiger partial charge in [-0.3, -0.25) is 5.32 Å². The molecule has 2 rings (SSSR count). The molecule has 0 bridgehead atoms. The smallest absolute Gasteiger partial charge is 0.122 e. The van der Waals surface area contributed by atoms with E-state index in [2.05, 4.69) is 10.3 Å². The Balaban J connectivity index is 2.12. The Labute approximate surface area is 107 Å². The van der Waals surface area contributed by atoms with Gasteiger partial charge in [0.25, 0.3) is 0 Å². The fourth-order valence-corrected chi connectivity index (χ4v) is 1.90. The molecular weight excluding hydrogens is 226 g/mol. The molecule has 0 saturated carbocycles. The number of aromatic nitrogens is 2. The second-order valence-corrected chi connectivity index (χ2v) is 4.66. The largest absolute Gasteiger partial charge is 0.394 e. The van der Waals surface area contributed by atoms with E-state index < -0.39 is 5.54 Å². The molecular formula is C14H19N3O. The quantitative estimate of drug-likeness (QED) is 0.837. The number of hydrogen-bond donors (Lipinski definition) is 2. The lowest BCUT2D eigenvalue weighted by atomic mass is 9.93. The Morgan fingerprint density at radius 1 is 1.33 bits per heavy atom. The van der Waals surface area contributed by atoms with E-state index in [1.807, 2.05) is 55.1 Å². The zero-order chi connectivity index (χ0) is 13.0. The molecule has 0 fully saturated rings. The van der Waals surface area contributed by atoms with Gasteiger partial charge < -0.3 is 9.67 Å². The molecule has 0 aliphatic carbocycles. The first-order chi connectivity index (χ1) is 8.65. The molecule has 2 aromatic rings. The first kappa shape index (κ1) is 12.8. The highest BCUT2D eigenvalue weighted by Gasteiger charge is 2.25. The van der Waals surface area contributed by atoms with Crippen LogP contribution in [0.2, 0.25) is 0 Å². The van der Waals surface area contributed by atoms with Crippen LogP contribution in [0.3, 0.4) is 0 Å². The predicted octanol–water partition coefficient (Wildman–Crippen LogP) is 1.42. The van der Waals surface area contributed by atoms with Crippen molar-refractivity contribution >= 4 is 0 Å². The molecule has 0 aliphatic rings. The molecule has 1 unspecified atom stereocenters. The monoisotopic (exact) mass is 245 g/mol. The van der Waals surface area contributed by atoms with E-state index in [0.29, 0.717) is 6.54 Å². The first-order valence-corrected chi connectivity index (χ1v) is 6.03. The molecule has 0 amide bonds. The number of imidazole rings is 1. The van der Waals surface area contributed by atoms with E-state index >= 15 is 0 Å². The minimum atomic E-state index is -0.451. The third kappa shape index (κ3) is 2.60. The van der Waals surface area contributed by atoms with Crippen molar-refractivity contribution in [1.29, 1.82) is 0 Å². The maximum atomic E-state index is 9.65. The Hall–Kier alpha value is -1.65. The Morgan fingerprint density at radius 2 is 2.06 bits per heavy atom. The molecule has 18 heavy (non-hydrogen) atoms. The molecule has 1 atom stereocenters. The van der Waals surface area contributed by atoms with Crippen molar-refractivity contribution in [3.63, 3.8) is 0 Å². The summed E-state index contributed by atoms with van der Waals surface area (Å²) < 4.78 is 1.97. The lowest BCUT2D eigenvalue weighted by Gasteiger charge is -2.29. The van der Waals surface area contributed by atoms with Crippen molar-refractivity contribution in [3.8, 4) is 0 Å². The van der Waals surface area contributed by atoms with Gasteiger partial charge >= 0.3 is 0 Å². The fraction of sp³-hybridized carbons (Fsp3) is 0.357. The maximum Gasteiger partial charge on any atom is 0.122 e. The Kier molecular flexibility index (Phi) is 3.79. The summed E-state index contributed by atoms with van der Waals surface area (Å²) in [5.41, 5.74) is 0.620. The van der Waals surface area contributed by atoms with E-state index in [1.165, 1.54) is 0 Å². The number of benzene rings is 1. The van der Waals surface area contributed by atoms with E-state index in [1.54, 1.807) is 6.20 Å². The van der Waals surface area contributed by atoms with Crippen LogP contribution in [-0.2, 0) is 19.1 Å². The van der Waals surface area contributed by atoms with Gasteiger partial charge in [-0.1, -0.05) is 30.3 Å². The highest BCUT2D eigenvalue weighted by Crippen LogP contribution is 2.20. The average molecular weight is 245 g/mol. The number of aryl methyl sites for hydroxylation is 1. The molecule has 0 radical (unpaired) electrons. The van der Waals surface area contributed by atoms with E-state index in [0.717, 1.165) is 11.4 Å². The van der Waals surface area contributed by atoms with Crippen LogP contribution >= 0.6 is 0 Å². The summed E-state index contributed by atoms with van der Waals surface area (Å²) in [4.78, 5) is 4.27. The standard InChI is InChI=1S/C14H19N3O/c1-14(11-18,12-6-4-3-5-7-12)16-10-13-15-8-9-17(13)2/h3-9,16,18H,10-11H2,1-2H3. The normalized spacial score (nSPS) is 14.4. The lowest BCUT2D eigenvalue weighted by Crippen LogP contribution is -2.42. The highest BCUT2D eigenvalue weighted by molar-refractivity contribution is 5.23. The summed E-state index contributed by atoms with van der Waals surface area (Å²) >= 11 is 0. The number of nitrogens with one attached hydrogen (secondary N) is 1. The van der Waals surface area contributed by atoms with Gasteiger partial charge in [-0.25, -0.2) is 4.98 Å². The molecule has 1 aromatic carbocycles. The number of aliphatic hydroxyl groups excluding tert-OH is 1. The average Bonchev–Trinajstić information content (AvgIpc) is 2.83. The van der Waals surface area contributed by atoms with Crippen LogP contribution in [0.5, 0.6) is 0 Å². The van der Waals surface area contributed by atoms with Crippen LogP contribution in [0, 0.1) is 0 Å². The lowest BCUT2D eigenvalue weighted by molar-refractivity contribution is 0.172. The summed E-state index contributed by atoms with van der Waals surface area (Å²) in [6, 6.07) is 9.96. The Morgan fingerprint density at radius 3 is 2.61 bits per heavy atom. The summed E-state index contributed by atoms with van der Waals surface area (Å²) in [7, 11) is 1.96. The third-order valence-corrected chi connectivity index (χ3v) is 3.28. The topological polar surface area (TPSA) is 50.1 Å². The zero-order valence-electron chi connectivity index (χ0n) is 10.8. The predicted molar refractivity (Wildman–Crippen MR) is 70.9 cm³/mol. The number of nitrogens with zero attached hydrogens (tertiary/aromatic N) is 2. The highest BCUT2D eigenvalue weighted by atomic mass is 16.3. The summed E-state index contributed by atoms with van der Waals surface area (Å²) in [5.74, 6) is 0.950.